The molecule has 0 saturated carbocycles. The topological polar surface area (TPSA) is 106 Å². The molecule has 3 aromatic carbocycles. The summed E-state index contributed by atoms with van der Waals surface area (Å²) in [5.41, 5.74) is 1.31. The maximum Gasteiger partial charge on any atom is 0.416 e. The molecule has 3 heterocycles. The van der Waals surface area contributed by atoms with Crippen LogP contribution in [0.4, 0.5) is 29.6 Å². The highest BCUT2D eigenvalue weighted by Crippen LogP contribution is 2.45. The number of carbonyl (C=O) groups excluding carboxylic acids is 1. The van der Waals surface area contributed by atoms with Gasteiger partial charge in [0.05, 0.1) is 36.1 Å². The van der Waals surface area contributed by atoms with E-state index in [1.165, 1.54) is 13.2 Å². The number of hydrogen-bond donors (Lipinski definition) is 2. The molecular weight excluding hydrogens is 601 g/mol. The zero-order valence-corrected chi connectivity index (χ0v) is 26.0. The summed E-state index contributed by atoms with van der Waals surface area (Å²) in [7, 11) is 1.33. The van der Waals surface area contributed by atoms with Crippen LogP contribution >= 0.6 is 0 Å². The zero-order chi connectivity index (χ0) is 32.9. The number of para-hydroxylation sites is 1. The highest BCUT2D eigenvalue weighted by Gasteiger charge is 2.40. The number of rotatable bonds is 5. The molecule has 12 heteroatoms. The Bertz CT molecular complexity index is 1800. The number of likely N-dealkylation sites (tertiary alicyclic amines) is 1. The molecule has 0 spiro atoms. The molecule has 1 saturated heterocycles. The van der Waals surface area contributed by atoms with Crippen LogP contribution in [0.1, 0.15) is 50.3 Å². The van der Waals surface area contributed by atoms with Crippen molar-refractivity contribution in [2.24, 2.45) is 0 Å². The fourth-order valence-electron chi connectivity index (χ4n) is 6.03. The van der Waals surface area contributed by atoms with Crippen molar-refractivity contribution in [3.63, 3.8) is 0 Å². The predicted molar refractivity (Wildman–Crippen MR) is 166 cm³/mol. The molecule has 0 unspecified atom stereocenters. The molecule has 1 aromatic heterocycles. The van der Waals surface area contributed by atoms with Gasteiger partial charge in [0.2, 0.25) is 5.95 Å². The smallest absolute Gasteiger partial charge is 0.416 e. The summed E-state index contributed by atoms with van der Waals surface area (Å²) >= 11 is 0. The molecule has 46 heavy (non-hydrogen) atoms. The van der Waals surface area contributed by atoms with Crippen LogP contribution < -0.4 is 14.8 Å². The van der Waals surface area contributed by atoms with E-state index < -0.39 is 29.0 Å². The normalized spacial score (nSPS) is 16.1. The van der Waals surface area contributed by atoms with Gasteiger partial charge in [-0.3, -0.25) is 0 Å². The molecule has 4 aromatic rings. The van der Waals surface area contributed by atoms with Crippen LogP contribution in [-0.2, 0) is 22.9 Å². The lowest BCUT2D eigenvalue weighted by Crippen LogP contribution is -2.47. The molecule has 6 rings (SSSR count). The molecule has 0 bridgehead atoms. The van der Waals surface area contributed by atoms with Gasteiger partial charge in [-0.2, -0.15) is 13.2 Å². The Morgan fingerprint density at radius 2 is 1.83 bits per heavy atom. The first kappa shape index (κ1) is 31.4. The second kappa shape index (κ2) is 11.7. The van der Waals surface area contributed by atoms with Crippen molar-refractivity contribution in [3.8, 4) is 22.6 Å². The van der Waals surface area contributed by atoms with E-state index in [1.54, 1.807) is 23.2 Å². The number of aromatic nitrogens is 2. The summed E-state index contributed by atoms with van der Waals surface area (Å²) in [6, 6.07) is 12.5. The summed E-state index contributed by atoms with van der Waals surface area (Å²) in [5.74, 6) is 0.940. The maximum absolute atomic E-state index is 13.4. The molecule has 1 amide bonds. The SMILES string of the molecule is COc1cc(C(F)(F)F)ccc1-c1cccc2cnc(Nc3ccc(C4(O)CCN(C(=O)OC(C)(C)C)CC4)c4c3OCC4)nc12. The van der Waals surface area contributed by atoms with Crippen LogP contribution in [0.2, 0.25) is 0 Å². The third-order valence-corrected chi connectivity index (χ3v) is 8.28. The molecule has 9 nitrogen and oxygen atoms in total. The van der Waals surface area contributed by atoms with Gasteiger partial charge in [-0.25, -0.2) is 14.8 Å². The Kier molecular flexibility index (Phi) is 7.95. The minimum atomic E-state index is -4.51. The number of halogens is 3. The van der Waals surface area contributed by atoms with Gasteiger partial charge >= 0.3 is 12.3 Å². The van der Waals surface area contributed by atoms with Crippen LogP contribution in [0.5, 0.6) is 11.5 Å². The Labute approximate surface area is 264 Å². The molecule has 242 valence electrons. The summed E-state index contributed by atoms with van der Waals surface area (Å²) in [4.78, 5) is 23.4. The van der Waals surface area contributed by atoms with Crippen LogP contribution in [0.25, 0.3) is 22.0 Å². The Morgan fingerprint density at radius 1 is 1.07 bits per heavy atom. The molecule has 0 atom stereocenters. The molecule has 2 aliphatic rings. The van der Waals surface area contributed by atoms with E-state index in [4.69, 9.17) is 19.2 Å². The zero-order valence-electron chi connectivity index (χ0n) is 26.0. The number of fused-ring (bicyclic) bond motifs is 2. The van der Waals surface area contributed by atoms with Crippen molar-refractivity contribution in [3.05, 3.63) is 71.4 Å². The number of carbonyl (C=O) groups is 1. The van der Waals surface area contributed by atoms with Crippen LogP contribution in [-0.4, -0.2) is 58.5 Å². The van der Waals surface area contributed by atoms with Crippen molar-refractivity contribution < 1.29 is 37.3 Å². The lowest BCUT2D eigenvalue weighted by molar-refractivity contribution is -0.137. The second-order valence-electron chi connectivity index (χ2n) is 12.5. The molecule has 0 aliphatic carbocycles. The third kappa shape index (κ3) is 6.13. The molecule has 2 aliphatic heterocycles. The molecule has 2 N–H and O–H groups in total. The molecular formula is C34H35F3N4O5. The quantitative estimate of drug-likeness (QED) is 0.237. The summed E-state index contributed by atoms with van der Waals surface area (Å²) in [5, 5.41) is 15.7. The van der Waals surface area contributed by atoms with E-state index in [0.29, 0.717) is 72.4 Å². The van der Waals surface area contributed by atoms with Gasteiger partial charge < -0.3 is 29.5 Å². The monoisotopic (exact) mass is 636 g/mol. The van der Waals surface area contributed by atoms with Crippen molar-refractivity contribution >= 4 is 28.6 Å². The lowest BCUT2D eigenvalue weighted by atomic mass is 9.81. The highest BCUT2D eigenvalue weighted by atomic mass is 19.4. The van der Waals surface area contributed by atoms with E-state index in [0.717, 1.165) is 23.3 Å². The number of amides is 1. The van der Waals surface area contributed by atoms with Gasteiger partial charge in [-0.1, -0.05) is 24.3 Å². The summed E-state index contributed by atoms with van der Waals surface area (Å²) in [6.07, 6.45) is -1.94. The first-order chi connectivity index (χ1) is 21.8. The molecule has 1 fully saturated rings. The van der Waals surface area contributed by atoms with Crippen LogP contribution in [0.15, 0.2) is 54.7 Å². The van der Waals surface area contributed by atoms with E-state index >= 15 is 0 Å². The number of alkyl halides is 3. The van der Waals surface area contributed by atoms with E-state index in [9.17, 15) is 23.1 Å². The number of aliphatic hydroxyl groups is 1. The van der Waals surface area contributed by atoms with Crippen LogP contribution in [0.3, 0.4) is 0 Å². The fraction of sp³-hybridized carbons (Fsp3) is 0.382. The van der Waals surface area contributed by atoms with Crippen LogP contribution in [0, 0.1) is 0 Å². The average molecular weight is 637 g/mol. The average Bonchev–Trinajstić information content (AvgIpc) is 3.50. The maximum atomic E-state index is 13.4. The molecule has 0 radical (unpaired) electrons. The fourth-order valence-corrected chi connectivity index (χ4v) is 6.03. The van der Waals surface area contributed by atoms with Crippen molar-refractivity contribution in [1.29, 1.82) is 0 Å². The van der Waals surface area contributed by atoms with Gasteiger partial charge in [-0.15, -0.1) is 0 Å². The minimum absolute atomic E-state index is 0.0760. The van der Waals surface area contributed by atoms with E-state index in [2.05, 4.69) is 10.3 Å². The summed E-state index contributed by atoms with van der Waals surface area (Å²) < 4.78 is 57.0. The lowest BCUT2D eigenvalue weighted by Gasteiger charge is -2.39. The van der Waals surface area contributed by atoms with Gasteiger partial charge in [0, 0.05) is 47.8 Å². The number of ether oxygens (including phenoxy) is 3. The summed E-state index contributed by atoms with van der Waals surface area (Å²) in [6.45, 7) is 6.63. The highest BCUT2D eigenvalue weighted by molar-refractivity contribution is 5.95. The largest absolute Gasteiger partial charge is 0.496 e. The number of nitrogens with zero attached hydrogens (tertiary/aromatic N) is 3. The second-order valence-corrected chi connectivity index (χ2v) is 12.5. The number of methoxy groups -OCH3 is 1. The van der Waals surface area contributed by atoms with E-state index in [-0.39, 0.29) is 11.7 Å². The third-order valence-electron chi connectivity index (χ3n) is 8.28. The van der Waals surface area contributed by atoms with Gasteiger partial charge in [0.15, 0.2) is 0 Å². The first-order valence-electron chi connectivity index (χ1n) is 15.0. The number of piperidine rings is 1. The van der Waals surface area contributed by atoms with Gasteiger partial charge in [-0.05, 0) is 63.4 Å². The number of nitrogens with one attached hydrogen (secondary N) is 1. The number of benzene rings is 3. The number of hydrogen-bond acceptors (Lipinski definition) is 8. The first-order valence-corrected chi connectivity index (χ1v) is 15.0. The number of anilines is 2. The van der Waals surface area contributed by atoms with Crippen molar-refractivity contribution in [2.45, 2.75) is 57.4 Å². The Balaban J connectivity index is 1.28. The van der Waals surface area contributed by atoms with Gasteiger partial charge in [0.1, 0.15) is 17.1 Å². The van der Waals surface area contributed by atoms with E-state index in [1.807, 2.05) is 39.0 Å². The Hall–Kier alpha value is -4.58. The van der Waals surface area contributed by atoms with Gasteiger partial charge in [0.25, 0.3) is 0 Å². The standard InChI is InChI=1S/C34H35F3N4O5/c1-32(2,3)46-31(42)41-15-13-33(43,14-16-41)25-10-11-26(29-24(25)12-17-45-29)39-30-38-19-20-6-5-7-23(28(20)40-30)22-9-8-21(34(35,36)37)18-27(22)44-4/h5-11,18-19,43H,12-17H2,1-4H3,(H,38,39,40). The predicted octanol–water partition coefficient (Wildman–Crippen LogP) is 7.22. The minimum Gasteiger partial charge on any atom is -0.496 e. The van der Waals surface area contributed by atoms with Crippen molar-refractivity contribution in [1.82, 2.24) is 14.9 Å². The van der Waals surface area contributed by atoms with Crippen molar-refractivity contribution in [2.75, 3.05) is 32.1 Å². The Morgan fingerprint density at radius 3 is 2.52 bits per heavy atom.